The average Bonchev–Trinajstić information content (AvgIpc) is 2.16. The Morgan fingerprint density at radius 1 is 1.44 bits per heavy atom. The van der Waals surface area contributed by atoms with Gasteiger partial charge >= 0.3 is 0 Å². The SMILES string of the molecule is CC(C)(C)CCNc1ccc(N([O-])O)cn1. The number of pyridine rings is 1. The molecule has 0 saturated heterocycles. The molecule has 0 aliphatic carbocycles. The molecule has 0 atom stereocenters. The van der Waals surface area contributed by atoms with Crippen LogP contribution in [0.5, 0.6) is 0 Å². The summed E-state index contributed by atoms with van der Waals surface area (Å²) < 4.78 is 0. The molecule has 1 heterocycles. The van der Waals surface area contributed by atoms with E-state index in [-0.39, 0.29) is 16.3 Å². The van der Waals surface area contributed by atoms with Gasteiger partial charge in [-0.1, -0.05) is 20.8 Å². The molecular formula is C11H18N3O2-. The van der Waals surface area contributed by atoms with Crippen LogP contribution in [0.4, 0.5) is 11.5 Å². The Morgan fingerprint density at radius 2 is 2.12 bits per heavy atom. The first-order valence-electron chi connectivity index (χ1n) is 5.24. The van der Waals surface area contributed by atoms with Crippen molar-refractivity contribution in [2.24, 2.45) is 5.41 Å². The second kappa shape index (κ2) is 5.14. The lowest BCUT2D eigenvalue weighted by molar-refractivity contribution is 0.296. The monoisotopic (exact) mass is 224 g/mol. The predicted molar refractivity (Wildman–Crippen MR) is 64.4 cm³/mol. The molecular weight excluding hydrogens is 206 g/mol. The van der Waals surface area contributed by atoms with Crippen molar-refractivity contribution in [3.8, 4) is 0 Å². The van der Waals surface area contributed by atoms with E-state index in [0.717, 1.165) is 13.0 Å². The number of hydrogen-bond acceptors (Lipinski definition) is 5. The zero-order valence-corrected chi connectivity index (χ0v) is 9.90. The minimum absolute atomic E-state index is 0.126. The molecule has 0 aromatic carbocycles. The van der Waals surface area contributed by atoms with E-state index >= 15 is 0 Å². The fourth-order valence-electron chi connectivity index (χ4n) is 1.17. The van der Waals surface area contributed by atoms with Gasteiger partial charge in [-0.25, -0.2) is 4.98 Å². The summed E-state index contributed by atoms with van der Waals surface area (Å²) >= 11 is 0. The van der Waals surface area contributed by atoms with Crippen LogP contribution in [-0.2, 0) is 0 Å². The Hall–Kier alpha value is -1.33. The molecule has 0 aliphatic heterocycles. The highest BCUT2D eigenvalue weighted by Crippen LogP contribution is 2.18. The highest BCUT2D eigenvalue weighted by atomic mass is 16.8. The Labute approximate surface area is 95.6 Å². The Kier molecular flexibility index (Phi) is 4.09. The summed E-state index contributed by atoms with van der Waals surface area (Å²) in [6, 6.07) is 3.18. The minimum Gasteiger partial charge on any atom is -0.733 e. The van der Waals surface area contributed by atoms with Gasteiger partial charge in [-0.3, -0.25) is 5.21 Å². The number of nitrogens with zero attached hydrogens (tertiary/aromatic N) is 2. The van der Waals surface area contributed by atoms with Crippen molar-refractivity contribution in [3.05, 3.63) is 23.5 Å². The van der Waals surface area contributed by atoms with Gasteiger partial charge in [0, 0.05) is 6.54 Å². The number of anilines is 2. The average molecular weight is 224 g/mol. The maximum absolute atomic E-state index is 10.5. The van der Waals surface area contributed by atoms with Crippen LogP contribution in [0.1, 0.15) is 27.2 Å². The number of nitrogens with one attached hydrogen (secondary N) is 1. The van der Waals surface area contributed by atoms with Gasteiger partial charge < -0.3 is 15.8 Å². The molecule has 90 valence electrons. The van der Waals surface area contributed by atoms with Crippen LogP contribution in [0.15, 0.2) is 18.3 Å². The summed E-state index contributed by atoms with van der Waals surface area (Å²) in [4.78, 5) is 4.01. The van der Waals surface area contributed by atoms with Crippen molar-refractivity contribution < 1.29 is 5.21 Å². The summed E-state index contributed by atoms with van der Waals surface area (Å²) in [5.74, 6) is 0.704. The van der Waals surface area contributed by atoms with E-state index in [1.807, 2.05) is 0 Å². The molecule has 0 fully saturated rings. The van der Waals surface area contributed by atoms with Gasteiger partial charge in [-0.05, 0) is 24.0 Å². The molecule has 0 saturated carbocycles. The van der Waals surface area contributed by atoms with E-state index in [2.05, 4.69) is 31.1 Å². The van der Waals surface area contributed by atoms with Crippen LogP contribution in [0.3, 0.4) is 0 Å². The summed E-state index contributed by atoms with van der Waals surface area (Å²) in [5.41, 5.74) is 0.408. The van der Waals surface area contributed by atoms with Crippen LogP contribution in [0, 0.1) is 10.6 Å². The summed E-state index contributed by atoms with van der Waals surface area (Å²) in [6.07, 6.45) is 2.36. The standard InChI is InChI=1S/C11H18N3O2/c1-11(2,3)6-7-12-10-5-4-9(8-13-10)14(15)16/h4-5,8,15H,6-7H2,1-3H3,(H,12,13)/q-1. The molecule has 0 bridgehead atoms. The van der Waals surface area contributed by atoms with Crippen molar-refractivity contribution in [1.82, 2.24) is 4.98 Å². The van der Waals surface area contributed by atoms with Crippen LogP contribution in [-0.4, -0.2) is 16.7 Å². The molecule has 0 spiro atoms. The fraction of sp³-hybridized carbons (Fsp3) is 0.545. The lowest BCUT2D eigenvalue weighted by Crippen LogP contribution is -2.13. The molecule has 16 heavy (non-hydrogen) atoms. The van der Waals surface area contributed by atoms with E-state index in [1.165, 1.54) is 12.3 Å². The zero-order chi connectivity index (χ0) is 12.2. The van der Waals surface area contributed by atoms with E-state index in [0.29, 0.717) is 5.82 Å². The number of hydrogen-bond donors (Lipinski definition) is 2. The van der Waals surface area contributed by atoms with Crippen LogP contribution in [0.2, 0.25) is 0 Å². The topological polar surface area (TPSA) is 71.5 Å². The van der Waals surface area contributed by atoms with E-state index in [1.54, 1.807) is 6.07 Å². The smallest absolute Gasteiger partial charge is 0.126 e. The predicted octanol–water partition coefficient (Wildman–Crippen LogP) is 2.62. The van der Waals surface area contributed by atoms with E-state index in [4.69, 9.17) is 5.21 Å². The van der Waals surface area contributed by atoms with E-state index < -0.39 is 0 Å². The Morgan fingerprint density at radius 3 is 2.56 bits per heavy atom. The van der Waals surface area contributed by atoms with Crippen molar-refractivity contribution in [3.63, 3.8) is 0 Å². The number of aromatic nitrogens is 1. The zero-order valence-electron chi connectivity index (χ0n) is 9.90. The molecule has 2 N–H and O–H groups in total. The normalized spacial score (nSPS) is 11.3. The molecule has 1 rings (SSSR count). The first-order chi connectivity index (χ1) is 7.38. The van der Waals surface area contributed by atoms with Gasteiger partial charge in [-0.15, -0.1) is 0 Å². The minimum atomic E-state index is -0.202. The largest absolute Gasteiger partial charge is 0.733 e. The molecule has 1 aromatic heterocycles. The first-order valence-corrected chi connectivity index (χ1v) is 5.24. The van der Waals surface area contributed by atoms with Gasteiger partial charge in [-0.2, -0.15) is 0 Å². The van der Waals surface area contributed by atoms with Gasteiger partial charge in [0.05, 0.1) is 11.9 Å². The third-order valence-corrected chi connectivity index (χ3v) is 2.15. The molecule has 0 aliphatic rings. The van der Waals surface area contributed by atoms with Gasteiger partial charge in [0.25, 0.3) is 0 Å². The van der Waals surface area contributed by atoms with Crippen LogP contribution >= 0.6 is 0 Å². The van der Waals surface area contributed by atoms with E-state index in [9.17, 15) is 5.21 Å². The molecule has 0 radical (unpaired) electrons. The maximum Gasteiger partial charge on any atom is 0.126 e. The number of rotatable bonds is 4. The van der Waals surface area contributed by atoms with Crippen LogP contribution < -0.4 is 10.5 Å². The summed E-state index contributed by atoms with van der Waals surface area (Å²) in [6.45, 7) is 7.35. The van der Waals surface area contributed by atoms with Crippen molar-refractivity contribution >= 4 is 11.5 Å². The van der Waals surface area contributed by atoms with Gasteiger partial charge in [0.1, 0.15) is 5.82 Å². The Balaban J connectivity index is 2.44. The van der Waals surface area contributed by atoms with Crippen molar-refractivity contribution in [2.45, 2.75) is 27.2 Å². The molecule has 0 amide bonds. The van der Waals surface area contributed by atoms with Gasteiger partial charge in [0.2, 0.25) is 0 Å². The second-order valence-corrected chi connectivity index (χ2v) is 4.91. The second-order valence-electron chi connectivity index (χ2n) is 4.91. The lowest BCUT2D eigenvalue weighted by Gasteiger charge is -2.21. The molecule has 5 heteroatoms. The molecule has 5 nitrogen and oxygen atoms in total. The first kappa shape index (κ1) is 12.7. The highest BCUT2D eigenvalue weighted by Gasteiger charge is 2.08. The van der Waals surface area contributed by atoms with Crippen LogP contribution in [0.25, 0.3) is 0 Å². The maximum atomic E-state index is 10.5. The van der Waals surface area contributed by atoms with Crippen molar-refractivity contribution in [2.75, 3.05) is 17.1 Å². The molecule has 1 aromatic rings. The quantitative estimate of drug-likeness (QED) is 0.769. The molecule has 0 unspecified atom stereocenters. The van der Waals surface area contributed by atoms with Crippen molar-refractivity contribution in [1.29, 1.82) is 0 Å². The highest BCUT2D eigenvalue weighted by molar-refractivity contribution is 5.47. The fourth-order valence-corrected chi connectivity index (χ4v) is 1.17. The summed E-state index contributed by atoms with van der Waals surface area (Å²) in [7, 11) is 0. The Bertz CT molecular complexity index is 317. The summed E-state index contributed by atoms with van der Waals surface area (Å²) in [5, 5.41) is 22.1. The lowest BCUT2D eigenvalue weighted by atomic mass is 9.92. The third kappa shape index (κ3) is 4.46. The third-order valence-electron chi connectivity index (χ3n) is 2.15. The van der Waals surface area contributed by atoms with Gasteiger partial charge in [0.15, 0.2) is 0 Å².